The number of likely N-dealkylation sites (tertiary alicyclic amines) is 2. The predicted octanol–water partition coefficient (Wildman–Crippen LogP) is 5.07. The van der Waals surface area contributed by atoms with Gasteiger partial charge < -0.3 is 29.4 Å². The third-order valence-corrected chi connectivity index (χ3v) is 11.5. The molecule has 2 aliphatic carbocycles. The Morgan fingerprint density at radius 2 is 1.76 bits per heavy atom. The van der Waals surface area contributed by atoms with Crippen molar-refractivity contribution >= 4 is 33.9 Å². The number of carbonyl (C=O) groups is 2. The van der Waals surface area contributed by atoms with Crippen LogP contribution in [0.1, 0.15) is 58.4 Å². The number of hydrogen-bond acceptors (Lipinski definition) is 7. The molecule has 2 bridgehead atoms. The number of methoxy groups -OCH3 is 1. The molecule has 2 saturated carbocycles. The molecule has 11 heteroatoms. The molecule has 2 aromatic carbocycles. The number of fused-ring (bicyclic) bond motifs is 4. The highest BCUT2D eigenvalue weighted by Gasteiger charge is 2.47. The number of carbonyl (C=O) groups excluding carboxylic acids is 2. The van der Waals surface area contributed by atoms with Gasteiger partial charge in [-0.25, -0.2) is 9.97 Å². The van der Waals surface area contributed by atoms with Gasteiger partial charge in [-0.05, 0) is 104 Å². The Hall–Kier alpha value is -5.21. The summed E-state index contributed by atoms with van der Waals surface area (Å²) in [6.45, 7) is 3.43. The summed E-state index contributed by atoms with van der Waals surface area (Å²) in [7, 11) is 1.65. The van der Waals surface area contributed by atoms with E-state index in [-0.39, 0.29) is 29.8 Å². The minimum Gasteiger partial charge on any atom is -0.494 e. The molecule has 2 aliphatic heterocycles. The highest BCUT2D eigenvalue weighted by molar-refractivity contribution is 6.00. The van der Waals surface area contributed by atoms with Gasteiger partial charge in [0.15, 0.2) is 5.82 Å². The summed E-state index contributed by atoms with van der Waals surface area (Å²) in [5.74, 6) is 2.49. The fourth-order valence-corrected chi connectivity index (χ4v) is 8.64. The molecule has 4 aliphatic rings. The Kier molecular flexibility index (Phi) is 7.39. The molecule has 9 rings (SSSR count). The number of nitrogens with zero attached hydrogens (tertiary/aromatic N) is 7. The summed E-state index contributed by atoms with van der Waals surface area (Å²) in [4.78, 5) is 41.4. The van der Waals surface area contributed by atoms with E-state index in [1.54, 1.807) is 31.4 Å². The molecule has 0 unspecified atom stereocenters. The van der Waals surface area contributed by atoms with Crippen LogP contribution >= 0.6 is 0 Å². The zero-order valence-electron chi connectivity index (χ0n) is 28.2. The maximum atomic E-state index is 14.0. The molecule has 2 amide bonds. The number of aromatic nitrogens is 4. The third kappa shape index (κ3) is 5.12. The standard InChI is InChI=1S/C39H40N8O3/c1-50-33-17-29(39(49)46-22-28-10-11-31(46)34(28)41)15-30-35(33)47(21-25-12-14-44(19-25)38(48)26-8-6-23(18-40)7-9-26)37(43-30)32-16-27-3-2-13-42-36(27)45(32)20-24-4-5-24/h2-3,6-9,13,15-17,24-25,28,31,34H,4-5,10-12,14,19-22,41H2,1H3/t25-,28-,31-,34-/m1/s1. The van der Waals surface area contributed by atoms with Crippen LogP contribution in [-0.2, 0) is 13.1 Å². The van der Waals surface area contributed by atoms with Crippen LogP contribution in [0.5, 0.6) is 5.75 Å². The summed E-state index contributed by atoms with van der Waals surface area (Å²) in [6.07, 6.45) is 7.11. The molecule has 4 atom stereocenters. The van der Waals surface area contributed by atoms with Crippen LogP contribution in [0.25, 0.3) is 33.6 Å². The van der Waals surface area contributed by atoms with Gasteiger partial charge in [0.1, 0.15) is 16.9 Å². The van der Waals surface area contributed by atoms with Crippen LogP contribution in [0.3, 0.4) is 0 Å². The third-order valence-electron chi connectivity index (χ3n) is 11.5. The second-order valence-corrected chi connectivity index (χ2v) is 14.6. The van der Waals surface area contributed by atoms with E-state index >= 15 is 0 Å². The SMILES string of the molecule is COc1cc(C(=O)N2C[C@H]3CC[C@@H]2[C@@H]3N)cc2nc(-c3cc4cccnc4n3CC3CC3)n(C[C@@H]3CCN(C(=O)c4ccc(C#N)cc4)C3)c12. The largest absolute Gasteiger partial charge is 0.494 e. The minimum absolute atomic E-state index is 0.0243. The molecule has 2 saturated heterocycles. The van der Waals surface area contributed by atoms with Gasteiger partial charge in [0.05, 0.1) is 30.0 Å². The first-order valence-corrected chi connectivity index (χ1v) is 17.8. The highest BCUT2D eigenvalue weighted by atomic mass is 16.5. The van der Waals surface area contributed by atoms with Crippen LogP contribution < -0.4 is 10.5 Å². The first-order valence-electron chi connectivity index (χ1n) is 17.8. The lowest BCUT2D eigenvalue weighted by atomic mass is 10.1. The summed E-state index contributed by atoms with van der Waals surface area (Å²) < 4.78 is 10.6. The van der Waals surface area contributed by atoms with E-state index in [1.165, 1.54) is 12.8 Å². The number of pyridine rings is 1. The van der Waals surface area contributed by atoms with Crippen LogP contribution in [0.15, 0.2) is 60.8 Å². The second-order valence-electron chi connectivity index (χ2n) is 14.6. The molecule has 4 fully saturated rings. The van der Waals surface area contributed by atoms with Crippen molar-refractivity contribution < 1.29 is 14.3 Å². The lowest BCUT2D eigenvalue weighted by molar-refractivity contribution is 0.0700. The van der Waals surface area contributed by atoms with Crippen LogP contribution in [0.4, 0.5) is 0 Å². The second kappa shape index (κ2) is 12.0. The number of nitriles is 1. The summed E-state index contributed by atoms with van der Waals surface area (Å²) in [5.41, 5.74) is 11.6. The van der Waals surface area contributed by atoms with Gasteiger partial charge in [-0.15, -0.1) is 0 Å². The van der Waals surface area contributed by atoms with Gasteiger partial charge in [0, 0.05) is 67.5 Å². The molecule has 5 aromatic rings. The first-order chi connectivity index (χ1) is 24.4. The Morgan fingerprint density at radius 1 is 0.940 bits per heavy atom. The van der Waals surface area contributed by atoms with Gasteiger partial charge in [0.25, 0.3) is 11.8 Å². The van der Waals surface area contributed by atoms with Crippen molar-refractivity contribution in [2.45, 2.75) is 57.3 Å². The number of piperidine rings is 1. The Balaban J connectivity index is 1.12. The average molecular weight is 669 g/mol. The van der Waals surface area contributed by atoms with Crippen LogP contribution in [0.2, 0.25) is 0 Å². The van der Waals surface area contributed by atoms with Gasteiger partial charge >= 0.3 is 0 Å². The fourth-order valence-electron chi connectivity index (χ4n) is 8.64. The van der Waals surface area contributed by atoms with Gasteiger partial charge in [-0.3, -0.25) is 9.59 Å². The number of benzene rings is 2. The number of ether oxygens (including phenoxy) is 1. The number of nitrogens with two attached hydrogens (primary N) is 1. The molecule has 2 N–H and O–H groups in total. The van der Waals surface area contributed by atoms with Gasteiger partial charge in [-0.1, -0.05) is 0 Å². The summed E-state index contributed by atoms with van der Waals surface area (Å²) in [6, 6.07) is 19.1. The van der Waals surface area contributed by atoms with Crippen molar-refractivity contribution in [2.75, 3.05) is 26.7 Å². The Labute approximate surface area is 290 Å². The van der Waals surface area contributed by atoms with Gasteiger partial charge in [0.2, 0.25) is 0 Å². The predicted molar refractivity (Wildman–Crippen MR) is 188 cm³/mol. The summed E-state index contributed by atoms with van der Waals surface area (Å²) >= 11 is 0. The average Bonchev–Trinajstić information content (AvgIpc) is 3.45. The molecule has 254 valence electrons. The number of amides is 2. The molecule has 0 spiro atoms. The molecule has 11 nitrogen and oxygen atoms in total. The lowest BCUT2D eigenvalue weighted by Crippen LogP contribution is -2.41. The highest BCUT2D eigenvalue weighted by Crippen LogP contribution is 2.41. The lowest BCUT2D eigenvalue weighted by Gasteiger charge is -2.27. The van der Waals surface area contributed by atoms with E-state index in [0.29, 0.717) is 66.0 Å². The van der Waals surface area contributed by atoms with Gasteiger partial charge in [-0.2, -0.15) is 5.26 Å². The zero-order chi connectivity index (χ0) is 34.1. The molecule has 50 heavy (non-hydrogen) atoms. The normalized spacial score (nSPS) is 22.9. The molecule has 3 aromatic heterocycles. The Morgan fingerprint density at radius 3 is 2.48 bits per heavy atom. The molecular weight excluding hydrogens is 628 g/mol. The maximum Gasteiger partial charge on any atom is 0.254 e. The number of imidazole rings is 1. The van der Waals surface area contributed by atoms with Crippen LogP contribution in [0, 0.1) is 29.1 Å². The Bertz CT molecular complexity index is 2190. The van der Waals surface area contributed by atoms with E-state index in [0.717, 1.165) is 53.9 Å². The summed E-state index contributed by atoms with van der Waals surface area (Å²) in [5, 5.41) is 10.3. The van der Waals surface area contributed by atoms with E-state index in [1.807, 2.05) is 34.2 Å². The molecular formula is C39H40N8O3. The monoisotopic (exact) mass is 668 g/mol. The van der Waals surface area contributed by atoms with E-state index < -0.39 is 0 Å². The van der Waals surface area contributed by atoms with Crippen molar-refractivity contribution in [3.8, 4) is 23.3 Å². The van der Waals surface area contributed by atoms with E-state index in [2.05, 4.69) is 27.3 Å². The van der Waals surface area contributed by atoms with Crippen molar-refractivity contribution in [3.05, 3.63) is 77.5 Å². The van der Waals surface area contributed by atoms with E-state index in [4.69, 9.17) is 20.4 Å². The molecule has 0 radical (unpaired) electrons. The topological polar surface area (TPSA) is 135 Å². The van der Waals surface area contributed by atoms with Crippen molar-refractivity contribution in [1.82, 2.24) is 28.9 Å². The van der Waals surface area contributed by atoms with E-state index in [9.17, 15) is 14.9 Å². The zero-order valence-corrected chi connectivity index (χ0v) is 28.2. The maximum absolute atomic E-state index is 14.0. The minimum atomic E-state index is -0.0283. The van der Waals surface area contributed by atoms with Crippen LogP contribution in [-0.4, -0.2) is 79.5 Å². The first kappa shape index (κ1) is 30.8. The quantitative estimate of drug-likeness (QED) is 0.244. The number of rotatable bonds is 8. The number of hydrogen-bond donors (Lipinski definition) is 1. The van der Waals surface area contributed by atoms with Crippen molar-refractivity contribution in [1.29, 1.82) is 5.26 Å². The van der Waals surface area contributed by atoms with Crippen molar-refractivity contribution in [3.63, 3.8) is 0 Å². The smallest absolute Gasteiger partial charge is 0.254 e. The molecule has 5 heterocycles. The van der Waals surface area contributed by atoms with Crippen molar-refractivity contribution in [2.24, 2.45) is 23.5 Å². The fraction of sp³-hybridized carbons (Fsp3) is 0.410.